The van der Waals surface area contributed by atoms with E-state index in [4.69, 9.17) is 23.2 Å². The van der Waals surface area contributed by atoms with Gasteiger partial charge in [0.25, 0.3) is 0 Å². The van der Waals surface area contributed by atoms with Gasteiger partial charge in [-0.1, -0.05) is 23.2 Å². The van der Waals surface area contributed by atoms with Gasteiger partial charge in [0.05, 0.1) is 0 Å². The molecule has 2 N–H and O–H groups in total. The average Bonchev–Trinajstić information content (AvgIpc) is 2.86. The molecule has 2 heterocycles. The van der Waals surface area contributed by atoms with Gasteiger partial charge in [-0.3, -0.25) is 0 Å². The van der Waals surface area contributed by atoms with Crippen LogP contribution in [0.5, 0.6) is 0 Å². The second-order valence-corrected chi connectivity index (χ2v) is 6.04. The number of fused-ring (bicyclic) bond motifs is 1. The van der Waals surface area contributed by atoms with Crippen molar-refractivity contribution in [3.63, 3.8) is 0 Å². The lowest BCUT2D eigenvalue weighted by atomic mass is 10.0. The summed E-state index contributed by atoms with van der Waals surface area (Å²) in [6, 6.07) is 4.96. The van der Waals surface area contributed by atoms with Gasteiger partial charge in [0.2, 0.25) is 0 Å². The van der Waals surface area contributed by atoms with Crippen LogP contribution in [0.25, 0.3) is 0 Å². The Morgan fingerprint density at radius 2 is 1.74 bits per heavy atom. The molecule has 102 valence electrons. The van der Waals surface area contributed by atoms with Gasteiger partial charge in [-0.05, 0) is 30.0 Å². The maximum absolute atomic E-state index is 12.2. The maximum atomic E-state index is 12.2. The molecule has 2 atom stereocenters. The van der Waals surface area contributed by atoms with Crippen molar-refractivity contribution < 1.29 is 4.79 Å². The fraction of sp³-hybridized carbons (Fsp3) is 0.462. The van der Waals surface area contributed by atoms with Gasteiger partial charge in [0.15, 0.2) is 0 Å². The summed E-state index contributed by atoms with van der Waals surface area (Å²) in [4.78, 5) is 14.0. The topological polar surface area (TPSA) is 44.4 Å². The van der Waals surface area contributed by atoms with E-state index < -0.39 is 0 Å². The summed E-state index contributed by atoms with van der Waals surface area (Å²) < 4.78 is 0. The van der Waals surface area contributed by atoms with Crippen LogP contribution >= 0.6 is 23.2 Å². The van der Waals surface area contributed by atoms with Gasteiger partial charge in [0.1, 0.15) is 0 Å². The third kappa shape index (κ3) is 2.81. The minimum atomic E-state index is -0.0762. The Bertz CT molecular complexity index is 476. The molecular formula is C13H15Cl2N3O. The summed E-state index contributed by atoms with van der Waals surface area (Å²) in [5.41, 5.74) is 0.637. The quantitative estimate of drug-likeness (QED) is 0.837. The van der Waals surface area contributed by atoms with Crippen LogP contribution in [-0.4, -0.2) is 37.1 Å². The standard InChI is InChI=1S/C13H15Cl2N3O/c14-10-1-11(15)3-12(2-10)17-13(19)18-6-8-4-16-5-9(8)7-18/h1-3,8-9,16H,4-7H2,(H,17,19). The number of likely N-dealkylation sites (tertiary alicyclic amines) is 1. The van der Waals surface area contributed by atoms with Gasteiger partial charge in [0, 0.05) is 41.9 Å². The number of rotatable bonds is 1. The normalized spacial score (nSPS) is 25.5. The lowest BCUT2D eigenvalue weighted by molar-refractivity contribution is 0.219. The number of hydrogen-bond donors (Lipinski definition) is 2. The lowest BCUT2D eigenvalue weighted by Gasteiger charge is -2.18. The van der Waals surface area contributed by atoms with Crippen molar-refractivity contribution in [2.45, 2.75) is 0 Å². The first-order chi connectivity index (χ1) is 9.11. The predicted molar refractivity (Wildman–Crippen MR) is 76.9 cm³/mol. The van der Waals surface area contributed by atoms with Crippen LogP contribution in [-0.2, 0) is 0 Å². The molecule has 4 nitrogen and oxygen atoms in total. The Morgan fingerprint density at radius 1 is 1.16 bits per heavy atom. The summed E-state index contributed by atoms with van der Waals surface area (Å²) in [5.74, 6) is 1.18. The number of urea groups is 1. The Labute approximate surface area is 122 Å². The molecule has 1 aromatic rings. The summed E-state index contributed by atoms with van der Waals surface area (Å²) in [6.07, 6.45) is 0. The number of anilines is 1. The molecule has 0 aliphatic carbocycles. The third-order valence-electron chi connectivity index (χ3n) is 3.79. The SMILES string of the molecule is O=C(Nc1cc(Cl)cc(Cl)c1)N1CC2CNCC2C1. The molecule has 2 fully saturated rings. The summed E-state index contributed by atoms with van der Waals surface area (Å²) >= 11 is 11.8. The molecule has 6 heteroatoms. The number of halogens is 2. The summed E-state index contributed by atoms with van der Waals surface area (Å²) in [7, 11) is 0. The predicted octanol–water partition coefficient (Wildman–Crippen LogP) is 2.68. The highest BCUT2D eigenvalue weighted by Gasteiger charge is 2.38. The van der Waals surface area contributed by atoms with Crippen LogP contribution in [0.4, 0.5) is 10.5 Å². The fourth-order valence-electron chi connectivity index (χ4n) is 2.85. The minimum Gasteiger partial charge on any atom is -0.324 e. The first-order valence-corrected chi connectivity index (χ1v) is 7.10. The van der Waals surface area contributed by atoms with E-state index in [1.54, 1.807) is 18.2 Å². The van der Waals surface area contributed by atoms with E-state index in [2.05, 4.69) is 10.6 Å². The Balaban J connectivity index is 1.65. The maximum Gasteiger partial charge on any atom is 0.321 e. The molecule has 0 aromatic heterocycles. The molecule has 19 heavy (non-hydrogen) atoms. The molecule has 3 rings (SSSR count). The van der Waals surface area contributed by atoms with Gasteiger partial charge >= 0.3 is 6.03 Å². The van der Waals surface area contributed by atoms with Crippen molar-refractivity contribution in [3.8, 4) is 0 Å². The molecule has 1 aromatic carbocycles. The van der Waals surface area contributed by atoms with Gasteiger partial charge < -0.3 is 15.5 Å². The van der Waals surface area contributed by atoms with Crippen molar-refractivity contribution in [2.75, 3.05) is 31.5 Å². The van der Waals surface area contributed by atoms with E-state index in [-0.39, 0.29) is 6.03 Å². The zero-order valence-electron chi connectivity index (χ0n) is 10.3. The number of carbonyl (C=O) groups is 1. The number of nitrogens with zero attached hydrogens (tertiary/aromatic N) is 1. The molecule has 2 aliphatic heterocycles. The van der Waals surface area contributed by atoms with Gasteiger partial charge in [-0.2, -0.15) is 0 Å². The van der Waals surface area contributed by atoms with E-state index in [9.17, 15) is 4.79 Å². The first-order valence-electron chi connectivity index (χ1n) is 6.34. The minimum absolute atomic E-state index is 0.0762. The van der Waals surface area contributed by atoms with E-state index in [0.717, 1.165) is 26.2 Å². The highest BCUT2D eigenvalue weighted by atomic mass is 35.5. The molecule has 2 saturated heterocycles. The van der Waals surface area contributed by atoms with E-state index >= 15 is 0 Å². The van der Waals surface area contributed by atoms with Crippen molar-refractivity contribution in [1.82, 2.24) is 10.2 Å². The number of amides is 2. The van der Waals surface area contributed by atoms with Crippen molar-refractivity contribution in [3.05, 3.63) is 28.2 Å². The third-order valence-corrected chi connectivity index (χ3v) is 4.23. The van der Waals surface area contributed by atoms with Crippen molar-refractivity contribution in [2.24, 2.45) is 11.8 Å². The zero-order valence-corrected chi connectivity index (χ0v) is 11.8. The van der Waals surface area contributed by atoms with E-state index in [1.807, 2.05) is 4.90 Å². The smallest absolute Gasteiger partial charge is 0.321 e. The van der Waals surface area contributed by atoms with Crippen LogP contribution < -0.4 is 10.6 Å². The Hall–Kier alpha value is -0.970. The largest absolute Gasteiger partial charge is 0.324 e. The molecule has 0 bridgehead atoms. The van der Waals surface area contributed by atoms with Crippen molar-refractivity contribution in [1.29, 1.82) is 0 Å². The van der Waals surface area contributed by atoms with Gasteiger partial charge in [-0.15, -0.1) is 0 Å². The number of nitrogens with one attached hydrogen (secondary N) is 2. The number of hydrogen-bond acceptors (Lipinski definition) is 2. The molecule has 0 saturated carbocycles. The lowest BCUT2D eigenvalue weighted by Crippen LogP contribution is -2.35. The number of carbonyl (C=O) groups excluding carboxylic acids is 1. The molecular weight excluding hydrogens is 285 g/mol. The summed E-state index contributed by atoms with van der Waals surface area (Å²) in [6.45, 7) is 3.66. The number of benzene rings is 1. The van der Waals surface area contributed by atoms with Gasteiger partial charge in [-0.25, -0.2) is 4.79 Å². The van der Waals surface area contributed by atoms with Crippen LogP contribution in [0.3, 0.4) is 0 Å². The second kappa shape index (κ2) is 5.19. The highest BCUT2D eigenvalue weighted by molar-refractivity contribution is 6.35. The monoisotopic (exact) mass is 299 g/mol. The highest BCUT2D eigenvalue weighted by Crippen LogP contribution is 2.27. The van der Waals surface area contributed by atoms with Crippen LogP contribution in [0.15, 0.2) is 18.2 Å². The zero-order chi connectivity index (χ0) is 13.4. The van der Waals surface area contributed by atoms with E-state index in [1.165, 1.54) is 0 Å². The van der Waals surface area contributed by atoms with Crippen LogP contribution in [0.2, 0.25) is 10.0 Å². The second-order valence-electron chi connectivity index (χ2n) is 5.17. The molecule has 0 radical (unpaired) electrons. The average molecular weight is 300 g/mol. The molecule has 2 unspecified atom stereocenters. The molecule has 2 aliphatic rings. The summed E-state index contributed by atoms with van der Waals surface area (Å²) in [5, 5.41) is 7.25. The fourth-order valence-corrected chi connectivity index (χ4v) is 3.38. The van der Waals surface area contributed by atoms with Crippen LogP contribution in [0.1, 0.15) is 0 Å². The van der Waals surface area contributed by atoms with Crippen molar-refractivity contribution >= 4 is 34.9 Å². The Kier molecular flexibility index (Phi) is 3.56. The Morgan fingerprint density at radius 3 is 2.32 bits per heavy atom. The first kappa shape index (κ1) is 13.0. The molecule has 2 amide bonds. The van der Waals surface area contributed by atoms with Crippen LogP contribution in [0, 0.1) is 11.8 Å². The molecule has 0 spiro atoms. The van der Waals surface area contributed by atoms with E-state index in [0.29, 0.717) is 27.6 Å².